The smallest absolute Gasteiger partial charge is 0.420 e. The maximum absolute atomic E-state index is 13.5. The maximum atomic E-state index is 13.5. The van der Waals surface area contributed by atoms with Gasteiger partial charge >= 0.3 is 6.09 Å². The lowest BCUT2D eigenvalue weighted by molar-refractivity contribution is -0.111. The molecule has 0 bridgehead atoms. The van der Waals surface area contributed by atoms with Gasteiger partial charge in [-0.2, -0.15) is 10.1 Å². The molecule has 10 nitrogen and oxygen atoms in total. The van der Waals surface area contributed by atoms with Crippen LogP contribution < -0.4 is 15.5 Å². The van der Waals surface area contributed by atoms with Crippen molar-refractivity contribution in [2.45, 2.75) is 13.0 Å². The van der Waals surface area contributed by atoms with Crippen LogP contribution in [0.25, 0.3) is 0 Å². The van der Waals surface area contributed by atoms with Crippen LogP contribution in [-0.2, 0) is 16.6 Å². The van der Waals surface area contributed by atoms with Crippen LogP contribution in [0, 0.1) is 0 Å². The van der Waals surface area contributed by atoms with Crippen LogP contribution in [0.15, 0.2) is 91.9 Å². The third-order valence-electron chi connectivity index (χ3n) is 5.12. The molecule has 2 aromatic heterocycles. The molecule has 0 saturated carbocycles. The van der Waals surface area contributed by atoms with E-state index in [1.807, 2.05) is 30.3 Å². The summed E-state index contributed by atoms with van der Waals surface area (Å²) in [4.78, 5) is 35.4. The standard InChI is InChI=1S/C26H25N7O3/c1-4-24(34)29-20-11-8-12-22(15-20)33(26(35)36-18(2)19-9-6-5-7-10-19)23-13-14-27-25(31-23)30-21-16-28-32(3)17-21/h4-18H,1H2,2-3H3,(H,29,34)(H,27,30,31)/t18-/m0/s1. The molecule has 0 spiro atoms. The van der Waals surface area contributed by atoms with Gasteiger partial charge in [0.2, 0.25) is 11.9 Å². The zero-order chi connectivity index (χ0) is 25.5. The second-order valence-corrected chi connectivity index (χ2v) is 7.78. The maximum Gasteiger partial charge on any atom is 0.420 e. The molecule has 4 aromatic rings. The third kappa shape index (κ3) is 5.92. The van der Waals surface area contributed by atoms with Gasteiger partial charge in [0.05, 0.1) is 17.6 Å². The number of rotatable bonds is 8. The SMILES string of the molecule is C=CC(=O)Nc1cccc(N(C(=O)O[C@@H](C)c2ccccc2)c2ccnc(Nc3cnn(C)c3)n2)c1. The largest absolute Gasteiger partial charge is 0.441 e. The summed E-state index contributed by atoms with van der Waals surface area (Å²) in [6.07, 6.45) is 4.95. The Morgan fingerprint density at radius 1 is 1.11 bits per heavy atom. The summed E-state index contributed by atoms with van der Waals surface area (Å²) in [7, 11) is 1.80. The molecule has 0 fully saturated rings. The molecule has 0 aliphatic heterocycles. The van der Waals surface area contributed by atoms with Crippen LogP contribution in [0.3, 0.4) is 0 Å². The zero-order valence-electron chi connectivity index (χ0n) is 19.8. The molecular weight excluding hydrogens is 458 g/mol. The summed E-state index contributed by atoms with van der Waals surface area (Å²) in [5.41, 5.74) is 2.46. The van der Waals surface area contributed by atoms with Gasteiger partial charge in [-0.3, -0.25) is 9.48 Å². The minimum Gasteiger partial charge on any atom is -0.441 e. The Kier molecular flexibility index (Phi) is 7.35. The lowest BCUT2D eigenvalue weighted by atomic mass is 10.1. The Morgan fingerprint density at radius 3 is 2.64 bits per heavy atom. The molecule has 2 N–H and O–H groups in total. The second-order valence-electron chi connectivity index (χ2n) is 7.78. The van der Waals surface area contributed by atoms with E-state index < -0.39 is 12.2 Å². The van der Waals surface area contributed by atoms with Gasteiger partial charge in [-0.05, 0) is 36.8 Å². The Hall–Kier alpha value is -4.99. The highest BCUT2D eigenvalue weighted by Crippen LogP contribution is 2.30. The second kappa shape index (κ2) is 11.0. The highest BCUT2D eigenvalue weighted by molar-refractivity contribution is 6.00. The summed E-state index contributed by atoms with van der Waals surface area (Å²) in [6.45, 7) is 5.26. The summed E-state index contributed by atoms with van der Waals surface area (Å²) >= 11 is 0. The van der Waals surface area contributed by atoms with Crippen LogP contribution in [0.4, 0.5) is 33.6 Å². The number of hydrogen-bond acceptors (Lipinski definition) is 7. The molecule has 10 heteroatoms. The first kappa shape index (κ1) is 24.1. The normalized spacial score (nSPS) is 11.3. The van der Waals surface area contributed by atoms with E-state index in [4.69, 9.17) is 4.74 Å². The molecule has 1 atom stereocenters. The van der Waals surface area contributed by atoms with E-state index in [2.05, 4.69) is 32.3 Å². The van der Waals surface area contributed by atoms with Gasteiger partial charge in [-0.15, -0.1) is 0 Å². The Labute approximate surface area is 208 Å². The minimum atomic E-state index is -0.649. The topological polar surface area (TPSA) is 114 Å². The highest BCUT2D eigenvalue weighted by Gasteiger charge is 2.24. The van der Waals surface area contributed by atoms with E-state index in [-0.39, 0.29) is 17.7 Å². The number of benzene rings is 2. The van der Waals surface area contributed by atoms with E-state index >= 15 is 0 Å². The molecule has 182 valence electrons. The van der Waals surface area contributed by atoms with Crippen LogP contribution in [0.1, 0.15) is 18.6 Å². The minimum absolute atomic E-state index is 0.269. The van der Waals surface area contributed by atoms with Gasteiger partial charge in [0.1, 0.15) is 11.9 Å². The molecule has 36 heavy (non-hydrogen) atoms. The molecular formula is C26H25N7O3. The average molecular weight is 484 g/mol. The molecule has 0 saturated heterocycles. The zero-order valence-corrected chi connectivity index (χ0v) is 19.8. The summed E-state index contributed by atoms with van der Waals surface area (Å²) < 4.78 is 7.44. The molecule has 0 unspecified atom stereocenters. The predicted octanol–water partition coefficient (Wildman–Crippen LogP) is 5.11. The van der Waals surface area contributed by atoms with Gasteiger partial charge in [-0.25, -0.2) is 14.7 Å². The lowest BCUT2D eigenvalue weighted by Crippen LogP contribution is -2.29. The fraction of sp³-hybridized carbons (Fsp3) is 0.115. The van der Waals surface area contributed by atoms with Crippen LogP contribution in [-0.4, -0.2) is 31.7 Å². The van der Waals surface area contributed by atoms with Crippen molar-refractivity contribution in [2.75, 3.05) is 15.5 Å². The van der Waals surface area contributed by atoms with E-state index in [1.165, 1.54) is 17.2 Å². The number of hydrogen-bond donors (Lipinski definition) is 2. The van der Waals surface area contributed by atoms with Crippen molar-refractivity contribution >= 4 is 40.8 Å². The number of aryl methyl sites for hydroxylation is 1. The summed E-state index contributed by atoms with van der Waals surface area (Å²) in [6, 6.07) is 17.8. The van der Waals surface area contributed by atoms with Gasteiger partial charge in [0.25, 0.3) is 0 Å². The molecule has 2 amide bonds. The molecule has 2 heterocycles. The van der Waals surface area contributed by atoms with Crippen molar-refractivity contribution in [3.8, 4) is 0 Å². The number of nitrogens with one attached hydrogen (secondary N) is 2. The van der Waals surface area contributed by atoms with Crippen LogP contribution in [0.2, 0.25) is 0 Å². The van der Waals surface area contributed by atoms with Gasteiger partial charge in [0, 0.05) is 31.2 Å². The van der Waals surface area contributed by atoms with Crippen molar-refractivity contribution in [3.63, 3.8) is 0 Å². The first-order chi connectivity index (χ1) is 17.4. The average Bonchev–Trinajstić information content (AvgIpc) is 3.29. The fourth-order valence-electron chi connectivity index (χ4n) is 3.39. The predicted molar refractivity (Wildman–Crippen MR) is 137 cm³/mol. The number of carbonyl (C=O) groups is 2. The molecule has 4 rings (SSSR count). The van der Waals surface area contributed by atoms with E-state index in [0.717, 1.165) is 5.56 Å². The highest BCUT2D eigenvalue weighted by atomic mass is 16.6. The summed E-state index contributed by atoms with van der Waals surface area (Å²) in [5, 5.41) is 9.89. The monoisotopic (exact) mass is 483 g/mol. The van der Waals surface area contributed by atoms with Crippen LogP contribution >= 0.6 is 0 Å². The van der Waals surface area contributed by atoms with Crippen molar-refractivity contribution in [1.82, 2.24) is 19.7 Å². The number of ether oxygens (including phenoxy) is 1. The number of anilines is 5. The van der Waals surface area contributed by atoms with Gasteiger partial charge in [0.15, 0.2) is 0 Å². The molecule has 2 aromatic carbocycles. The fourth-order valence-corrected chi connectivity index (χ4v) is 3.39. The first-order valence-corrected chi connectivity index (χ1v) is 11.1. The van der Waals surface area contributed by atoms with Crippen molar-refractivity contribution in [2.24, 2.45) is 7.05 Å². The lowest BCUT2D eigenvalue weighted by Gasteiger charge is -2.24. The number of carbonyl (C=O) groups excluding carboxylic acids is 2. The summed E-state index contributed by atoms with van der Waals surface area (Å²) in [5.74, 6) is 0.170. The van der Waals surface area contributed by atoms with Crippen molar-refractivity contribution in [1.29, 1.82) is 0 Å². The van der Waals surface area contributed by atoms with E-state index in [0.29, 0.717) is 17.1 Å². The van der Waals surface area contributed by atoms with E-state index in [1.54, 1.807) is 61.4 Å². The number of amides is 2. The Balaban J connectivity index is 1.68. The van der Waals surface area contributed by atoms with Crippen LogP contribution in [0.5, 0.6) is 0 Å². The number of aromatic nitrogens is 4. The molecule has 0 aliphatic carbocycles. The third-order valence-corrected chi connectivity index (χ3v) is 5.12. The van der Waals surface area contributed by atoms with E-state index in [9.17, 15) is 9.59 Å². The number of nitrogens with zero attached hydrogens (tertiary/aromatic N) is 5. The quantitative estimate of drug-likeness (QED) is 0.335. The van der Waals surface area contributed by atoms with Gasteiger partial charge < -0.3 is 15.4 Å². The Bertz CT molecular complexity index is 1370. The van der Waals surface area contributed by atoms with Gasteiger partial charge in [-0.1, -0.05) is 43.0 Å². The molecule has 0 radical (unpaired) electrons. The van der Waals surface area contributed by atoms with Crippen molar-refractivity contribution < 1.29 is 14.3 Å². The Morgan fingerprint density at radius 2 is 1.92 bits per heavy atom. The van der Waals surface area contributed by atoms with Crippen molar-refractivity contribution in [3.05, 3.63) is 97.5 Å². The first-order valence-electron chi connectivity index (χ1n) is 11.1. The molecule has 0 aliphatic rings.